The van der Waals surface area contributed by atoms with Crippen molar-refractivity contribution in [2.45, 2.75) is 26.2 Å². The van der Waals surface area contributed by atoms with E-state index in [4.69, 9.17) is 4.74 Å². The van der Waals surface area contributed by atoms with Gasteiger partial charge >= 0.3 is 0 Å². The molecule has 0 radical (unpaired) electrons. The molecular formula is C11H21NO. The Labute approximate surface area is 81.4 Å². The van der Waals surface area contributed by atoms with Crippen LogP contribution in [0.4, 0.5) is 0 Å². The molecule has 0 aliphatic carbocycles. The van der Waals surface area contributed by atoms with E-state index in [1.54, 1.807) is 0 Å². The normalized spacial score (nSPS) is 22.1. The average Bonchev–Trinajstić information content (AvgIpc) is 2.64. The molecule has 1 N–H and O–H groups in total. The zero-order valence-corrected chi connectivity index (χ0v) is 8.64. The van der Waals surface area contributed by atoms with Crippen LogP contribution in [0, 0.1) is 5.92 Å². The molecule has 0 aromatic heterocycles. The monoisotopic (exact) mass is 183 g/mol. The van der Waals surface area contributed by atoms with Gasteiger partial charge in [-0.2, -0.15) is 0 Å². The molecule has 76 valence electrons. The quantitative estimate of drug-likeness (QED) is 0.502. The third-order valence-corrected chi connectivity index (χ3v) is 2.64. The summed E-state index contributed by atoms with van der Waals surface area (Å²) in [5.41, 5.74) is 1.20. The summed E-state index contributed by atoms with van der Waals surface area (Å²) in [4.78, 5) is 0. The van der Waals surface area contributed by atoms with Crippen molar-refractivity contribution in [3.05, 3.63) is 12.2 Å². The standard InChI is InChI=1S/C11H21NO/c1-3-10(2)9-13-7-5-11-4-6-12-8-11/h11-12H,2-9H2,1H3. The first kappa shape index (κ1) is 10.7. The first-order chi connectivity index (χ1) is 6.33. The third-order valence-electron chi connectivity index (χ3n) is 2.64. The van der Waals surface area contributed by atoms with E-state index in [1.807, 2.05) is 0 Å². The maximum absolute atomic E-state index is 5.52. The van der Waals surface area contributed by atoms with Gasteiger partial charge in [0.1, 0.15) is 0 Å². The Morgan fingerprint density at radius 2 is 2.46 bits per heavy atom. The minimum absolute atomic E-state index is 0.747. The molecule has 13 heavy (non-hydrogen) atoms. The Kier molecular flexibility index (Phi) is 5.09. The van der Waals surface area contributed by atoms with Crippen LogP contribution in [-0.2, 0) is 4.74 Å². The van der Waals surface area contributed by atoms with Gasteiger partial charge in [0.25, 0.3) is 0 Å². The molecule has 1 atom stereocenters. The number of nitrogens with one attached hydrogen (secondary N) is 1. The molecule has 0 spiro atoms. The Morgan fingerprint density at radius 1 is 1.62 bits per heavy atom. The fourth-order valence-electron chi connectivity index (χ4n) is 1.53. The van der Waals surface area contributed by atoms with Crippen LogP contribution in [0.2, 0.25) is 0 Å². The molecule has 1 unspecified atom stereocenters. The Balaban J connectivity index is 1.91. The van der Waals surface area contributed by atoms with E-state index in [-0.39, 0.29) is 0 Å². The summed E-state index contributed by atoms with van der Waals surface area (Å²) in [7, 11) is 0. The van der Waals surface area contributed by atoms with Crippen LogP contribution < -0.4 is 5.32 Å². The van der Waals surface area contributed by atoms with Gasteiger partial charge in [-0.25, -0.2) is 0 Å². The summed E-state index contributed by atoms with van der Waals surface area (Å²) in [6, 6.07) is 0. The molecule has 0 aromatic carbocycles. The first-order valence-electron chi connectivity index (χ1n) is 5.28. The highest BCUT2D eigenvalue weighted by Gasteiger charge is 2.13. The van der Waals surface area contributed by atoms with Gasteiger partial charge in [0.15, 0.2) is 0 Å². The molecule has 1 saturated heterocycles. The van der Waals surface area contributed by atoms with E-state index in [0.717, 1.165) is 25.6 Å². The second-order valence-corrected chi connectivity index (χ2v) is 3.80. The Bertz CT molecular complexity index is 150. The van der Waals surface area contributed by atoms with E-state index >= 15 is 0 Å². The van der Waals surface area contributed by atoms with E-state index in [0.29, 0.717) is 0 Å². The van der Waals surface area contributed by atoms with Crippen LogP contribution in [0.25, 0.3) is 0 Å². The van der Waals surface area contributed by atoms with Gasteiger partial charge in [-0.3, -0.25) is 0 Å². The minimum Gasteiger partial charge on any atom is -0.377 e. The van der Waals surface area contributed by atoms with Gasteiger partial charge in [0, 0.05) is 6.61 Å². The average molecular weight is 183 g/mol. The molecule has 0 bridgehead atoms. The molecule has 0 aromatic rings. The molecule has 1 heterocycles. The van der Waals surface area contributed by atoms with E-state index in [9.17, 15) is 0 Å². The Hall–Kier alpha value is -0.340. The van der Waals surface area contributed by atoms with Crippen molar-refractivity contribution in [1.82, 2.24) is 5.32 Å². The van der Waals surface area contributed by atoms with Crippen LogP contribution >= 0.6 is 0 Å². The molecule has 1 aliphatic rings. The SMILES string of the molecule is C=C(CC)COCCC1CCNC1. The summed E-state index contributed by atoms with van der Waals surface area (Å²) in [5.74, 6) is 0.842. The number of hydrogen-bond acceptors (Lipinski definition) is 2. The van der Waals surface area contributed by atoms with Crippen molar-refractivity contribution < 1.29 is 4.74 Å². The topological polar surface area (TPSA) is 21.3 Å². The van der Waals surface area contributed by atoms with Crippen molar-refractivity contribution in [1.29, 1.82) is 0 Å². The summed E-state index contributed by atoms with van der Waals surface area (Å²) in [5, 5.41) is 3.36. The number of hydrogen-bond donors (Lipinski definition) is 1. The fourth-order valence-corrected chi connectivity index (χ4v) is 1.53. The van der Waals surface area contributed by atoms with Gasteiger partial charge in [-0.05, 0) is 38.3 Å². The lowest BCUT2D eigenvalue weighted by atomic mass is 10.1. The fraction of sp³-hybridized carbons (Fsp3) is 0.818. The van der Waals surface area contributed by atoms with Gasteiger partial charge in [-0.1, -0.05) is 19.1 Å². The van der Waals surface area contributed by atoms with Gasteiger partial charge in [0.05, 0.1) is 6.61 Å². The maximum atomic E-state index is 5.52. The van der Waals surface area contributed by atoms with Gasteiger partial charge in [-0.15, -0.1) is 0 Å². The lowest BCUT2D eigenvalue weighted by molar-refractivity contribution is 0.141. The van der Waals surface area contributed by atoms with Crippen molar-refractivity contribution in [3.63, 3.8) is 0 Å². The van der Waals surface area contributed by atoms with Crippen molar-refractivity contribution in [3.8, 4) is 0 Å². The van der Waals surface area contributed by atoms with Crippen molar-refractivity contribution in [2.75, 3.05) is 26.3 Å². The molecule has 1 rings (SSSR count). The van der Waals surface area contributed by atoms with Gasteiger partial charge in [0.2, 0.25) is 0 Å². The lowest BCUT2D eigenvalue weighted by Crippen LogP contribution is -2.11. The van der Waals surface area contributed by atoms with E-state index in [1.165, 1.54) is 31.5 Å². The summed E-state index contributed by atoms with van der Waals surface area (Å²) in [6.45, 7) is 10.0. The minimum atomic E-state index is 0.747. The largest absolute Gasteiger partial charge is 0.377 e. The van der Waals surface area contributed by atoms with Crippen molar-refractivity contribution >= 4 is 0 Å². The summed E-state index contributed by atoms with van der Waals surface area (Å²) >= 11 is 0. The van der Waals surface area contributed by atoms with Crippen LogP contribution in [0.15, 0.2) is 12.2 Å². The molecule has 1 fully saturated rings. The van der Waals surface area contributed by atoms with Gasteiger partial charge < -0.3 is 10.1 Å². The highest BCUT2D eigenvalue weighted by molar-refractivity contribution is 4.92. The van der Waals surface area contributed by atoms with Crippen LogP contribution in [0.1, 0.15) is 26.2 Å². The summed E-state index contributed by atoms with van der Waals surface area (Å²) < 4.78 is 5.52. The second kappa shape index (κ2) is 6.17. The lowest BCUT2D eigenvalue weighted by Gasteiger charge is -2.09. The molecule has 0 saturated carbocycles. The number of rotatable bonds is 6. The predicted molar refractivity (Wildman–Crippen MR) is 55.8 cm³/mol. The summed E-state index contributed by atoms with van der Waals surface area (Å²) in [6.07, 6.45) is 3.55. The molecule has 0 amide bonds. The third kappa shape index (κ3) is 4.44. The molecule has 2 nitrogen and oxygen atoms in total. The zero-order chi connectivity index (χ0) is 9.52. The second-order valence-electron chi connectivity index (χ2n) is 3.80. The molecular weight excluding hydrogens is 162 g/mol. The zero-order valence-electron chi connectivity index (χ0n) is 8.64. The number of ether oxygens (including phenoxy) is 1. The molecule has 1 aliphatic heterocycles. The van der Waals surface area contributed by atoms with E-state index < -0.39 is 0 Å². The van der Waals surface area contributed by atoms with Crippen LogP contribution in [0.5, 0.6) is 0 Å². The van der Waals surface area contributed by atoms with E-state index in [2.05, 4.69) is 18.8 Å². The predicted octanol–water partition coefficient (Wildman–Crippen LogP) is 1.97. The highest BCUT2D eigenvalue weighted by atomic mass is 16.5. The Morgan fingerprint density at radius 3 is 3.08 bits per heavy atom. The molecule has 2 heteroatoms. The van der Waals surface area contributed by atoms with Crippen molar-refractivity contribution in [2.24, 2.45) is 5.92 Å². The highest BCUT2D eigenvalue weighted by Crippen LogP contribution is 2.12. The van der Waals surface area contributed by atoms with Crippen LogP contribution in [-0.4, -0.2) is 26.3 Å². The smallest absolute Gasteiger partial charge is 0.0674 e. The van der Waals surface area contributed by atoms with Crippen LogP contribution in [0.3, 0.4) is 0 Å². The maximum Gasteiger partial charge on any atom is 0.0674 e. The first-order valence-corrected chi connectivity index (χ1v) is 5.28.